The minimum absolute atomic E-state index is 0.322. The molecule has 0 N–H and O–H groups in total. The average molecular weight is 185 g/mol. The molecule has 0 aliphatic carbocycles. The summed E-state index contributed by atoms with van der Waals surface area (Å²) >= 11 is 5.02. The molecule has 0 aromatic heterocycles. The van der Waals surface area contributed by atoms with Crippen LogP contribution in [0.15, 0.2) is 34.0 Å². The number of hydrogen-bond acceptors (Lipinski definition) is 4. The van der Waals surface area contributed by atoms with Crippen molar-refractivity contribution >= 4 is 23.9 Å². The molecule has 5 heteroatoms. The first-order valence-corrected chi connectivity index (χ1v) is 3.43. The van der Waals surface area contributed by atoms with Crippen LogP contribution in [0.4, 0.5) is 5.69 Å². The number of ether oxygens (including phenoxy) is 1. The summed E-state index contributed by atoms with van der Waals surface area (Å²) in [6.07, 6.45) is 0. The number of benzene rings is 1. The lowest BCUT2D eigenvalue weighted by Gasteiger charge is -1.98. The van der Waals surface area contributed by atoms with E-state index in [0.29, 0.717) is 17.9 Å². The topological polar surface area (TPSA) is 51.0 Å². The molecule has 4 nitrogen and oxygen atoms in total. The Morgan fingerprint density at radius 2 is 2.17 bits per heavy atom. The summed E-state index contributed by atoms with van der Waals surface area (Å²) in [4.78, 5) is 10.0. The van der Waals surface area contributed by atoms with E-state index in [1.807, 2.05) is 0 Å². The third kappa shape index (κ3) is 2.03. The lowest BCUT2D eigenvalue weighted by atomic mass is 10.3. The lowest BCUT2D eigenvalue weighted by molar-refractivity contribution is -0.120. The van der Waals surface area contributed by atoms with Gasteiger partial charge in [0.25, 0.3) is 6.47 Å². The van der Waals surface area contributed by atoms with E-state index in [-0.39, 0.29) is 0 Å². The number of nitrogens with zero attached hydrogens (tertiary/aromatic N) is 2. The van der Waals surface area contributed by atoms with Crippen LogP contribution in [0.5, 0.6) is 5.75 Å². The Morgan fingerprint density at radius 3 is 2.83 bits per heavy atom. The summed E-state index contributed by atoms with van der Waals surface area (Å²) < 4.78 is 7.65. The highest BCUT2D eigenvalue weighted by Gasteiger charge is 1.99. The average Bonchev–Trinajstić information content (AvgIpc) is 2.09. The summed E-state index contributed by atoms with van der Waals surface area (Å²) in [7, 11) is 0. The Morgan fingerprint density at radius 1 is 1.42 bits per heavy atom. The van der Waals surface area contributed by atoms with Crippen LogP contribution in [0.25, 0.3) is 0 Å². The van der Waals surface area contributed by atoms with Gasteiger partial charge in [0.15, 0.2) is 5.75 Å². The monoisotopic (exact) mass is 184 g/mol. The van der Waals surface area contributed by atoms with Crippen LogP contribution < -0.4 is 4.74 Å². The minimum Gasteiger partial charge on any atom is -0.426 e. The predicted octanol–water partition coefficient (Wildman–Crippen LogP) is 2.46. The maximum atomic E-state index is 10.0. The Bertz CT molecular complexity index is 301. The molecule has 0 atom stereocenters. The molecule has 62 valence electrons. The van der Waals surface area contributed by atoms with E-state index >= 15 is 0 Å². The fourth-order valence-corrected chi connectivity index (χ4v) is 0.813. The van der Waals surface area contributed by atoms with Crippen molar-refractivity contribution in [2.75, 3.05) is 0 Å². The number of carbonyl (C=O) groups excluding carboxylic acids is 1. The second-order valence-corrected chi connectivity index (χ2v) is 2.01. The van der Waals surface area contributed by atoms with Crippen molar-refractivity contribution in [3.63, 3.8) is 0 Å². The molecule has 0 fully saturated rings. The van der Waals surface area contributed by atoms with Crippen LogP contribution in [-0.2, 0) is 4.79 Å². The zero-order chi connectivity index (χ0) is 8.81. The molecule has 1 rings (SSSR count). The first-order chi connectivity index (χ1) is 5.88. The molecule has 0 radical (unpaired) electrons. The highest BCUT2D eigenvalue weighted by molar-refractivity contribution is 6.14. The van der Waals surface area contributed by atoms with E-state index in [1.54, 1.807) is 24.3 Å². The van der Waals surface area contributed by atoms with Gasteiger partial charge in [-0.05, 0) is 12.1 Å². The van der Waals surface area contributed by atoms with Gasteiger partial charge in [-0.3, -0.25) is 4.79 Å². The van der Waals surface area contributed by atoms with Gasteiger partial charge < -0.3 is 4.74 Å². The van der Waals surface area contributed by atoms with Gasteiger partial charge >= 0.3 is 0 Å². The van der Waals surface area contributed by atoms with E-state index in [4.69, 9.17) is 11.8 Å². The quantitative estimate of drug-likeness (QED) is 0.535. The SMILES string of the molecule is O=COc1ccccc1/N=N/Cl. The van der Waals surface area contributed by atoms with Gasteiger partial charge in [0.2, 0.25) is 0 Å². The number of rotatable bonds is 3. The molecule has 0 heterocycles. The first-order valence-electron chi connectivity index (χ1n) is 3.10. The van der Waals surface area contributed by atoms with E-state index < -0.39 is 0 Å². The molecule has 12 heavy (non-hydrogen) atoms. The van der Waals surface area contributed by atoms with Gasteiger partial charge in [-0.15, -0.1) is 5.11 Å². The molecule has 1 aromatic carbocycles. The van der Waals surface area contributed by atoms with Crippen molar-refractivity contribution in [1.29, 1.82) is 0 Å². The fourth-order valence-electron chi connectivity index (χ4n) is 0.732. The maximum Gasteiger partial charge on any atom is 0.298 e. The minimum atomic E-state index is 0.322. The molecule has 0 bridgehead atoms. The van der Waals surface area contributed by atoms with Gasteiger partial charge in [-0.25, -0.2) is 0 Å². The maximum absolute atomic E-state index is 10.0. The molecule has 0 saturated carbocycles. The normalized spacial score (nSPS) is 10.1. The zero-order valence-electron chi connectivity index (χ0n) is 5.98. The van der Waals surface area contributed by atoms with Crippen LogP contribution in [0, 0.1) is 0 Å². The predicted molar refractivity (Wildman–Crippen MR) is 43.5 cm³/mol. The molecular formula is C7H5ClN2O2. The highest BCUT2D eigenvalue weighted by Crippen LogP contribution is 2.26. The van der Waals surface area contributed by atoms with Crippen molar-refractivity contribution in [3.8, 4) is 5.75 Å². The molecular weight excluding hydrogens is 180 g/mol. The van der Waals surface area contributed by atoms with Crippen molar-refractivity contribution in [2.45, 2.75) is 0 Å². The van der Waals surface area contributed by atoms with E-state index in [2.05, 4.69) is 14.5 Å². The molecule has 0 saturated heterocycles. The molecule has 0 amide bonds. The summed E-state index contributed by atoms with van der Waals surface area (Å²) in [5.41, 5.74) is 0.416. The van der Waals surface area contributed by atoms with Crippen molar-refractivity contribution in [1.82, 2.24) is 0 Å². The third-order valence-electron chi connectivity index (χ3n) is 1.19. The lowest BCUT2D eigenvalue weighted by Crippen LogP contribution is -1.87. The van der Waals surface area contributed by atoms with Crippen molar-refractivity contribution in [2.24, 2.45) is 9.75 Å². The Kier molecular flexibility index (Phi) is 3.22. The number of para-hydroxylation sites is 1. The molecule has 0 aliphatic heterocycles. The van der Waals surface area contributed by atoms with E-state index in [9.17, 15) is 4.79 Å². The largest absolute Gasteiger partial charge is 0.426 e. The van der Waals surface area contributed by atoms with Crippen LogP contribution in [0.2, 0.25) is 0 Å². The van der Waals surface area contributed by atoms with Gasteiger partial charge in [0, 0.05) is 0 Å². The second-order valence-electron chi connectivity index (χ2n) is 1.86. The standard InChI is InChI=1S/C7H5ClN2O2/c8-10-9-6-3-1-2-4-7(6)12-5-11/h1-5H/b10-9+. The molecule has 0 unspecified atom stereocenters. The van der Waals surface area contributed by atoms with Gasteiger partial charge in [0.1, 0.15) is 5.69 Å². The van der Waals surface area contributed by atoms with Crippen LogP contribution in [0.3, 0.4) is 0 Å². The Hall–Kier alpha value is -1.42. The first kappa shape index (κ1) is 8.67. The molecule has 0 aliphatic rings. The van der Waals surface area contributed by atoms with Gasteiger partial charge in [-0.2, -0.15) is 0 Å². The summed E-state index contributed by atoms with van der Waals surface area (Å²) in [5.74, 6) is 0.330. The summed E-state index contributed by atoms with van der Waals surface area (Å²) in [6.45, 7) is 0.322. The third-order valence-corrected chi connectivity index (χ3v) is 1.26. The molecule has 0 spiro atoms. The van der Waals surface area contributed by atoms with Crippen LogP contribution >= 0.6 is 11.8 Å². The number of hydrogen-bond donors (Lipinski definition) is 0. The van der Waals surface area contributed by atoms with Crippen LogP contribution in [-0.4, -0.2) is 6.47 Å². The second kappa shape index (κ2) is 4.46. The van der Waals surface area contributed by atoms with E-state index in [0.717, 1.165) is 0 Å². The Labute approximate surface area is 73.9 Å². The smallest absolute Gasteiger partial charge is 0.298 e. The summed E-state index contributed by atoms with van der Waals surface area (Å²) in [5, 5.41) is 3.53. The van der Waals surface area contributed by atoms with Crippen molar-refractivity contribution in [3.05, 3.63) is 24.3 Å². The number of halogens is 1. The van der Waals surface area contributed by atoms with E-state index in [1.165, 1.54) is 0 Å². The fraction of sp³-hybridized carbons (Fsp3) is 0. The number of carbonyl (C=O) groups is 1. The zero-order valence-corrected chi connectivity index (χ0v) is 6.73. The summed E-state index contributed by atoms with van der Waals surface area (Å²) in [6, 6.07) is 6.67. The van der Waals surface area contributed by atoms with Gasteiger partial charge in [-0.1, -0.05) is 16.8 Å². The Balaban J connectivity index is 2.99. The van der Waals surface area contributed by atoms with Gasteiger partial charge in [0.05, 0.1) is 11.8 Å². The van der Waals surface area contributed by atoms with Crippen LogP contribution in [0.1, 0.15) is 0 Å². The van der Waals surface area contributed by atoms with Crippen molar-refractivity contribution < 1.29 is 9.53 Å². The highest BCUT2D eigenvalue weighted by atomic mass is 35.5. The molecule has 1 aromatic rings.